The summed E-state index contributed by atoms with van der Waals surface area (Å²) in [6.07, 6.45) is 3.87. The summed E-state index contributed by atoms with van der Waals surface area (Å²) in [5.74, 6) is -0.381. The van der Waals surface area contributed by atoms with Gasteiger partial charge in [0.15, 0.2) is 6.29 Å². The summed E-state index contributed by atoms with van der Waals surface area (Å²) in [6.45, 7) is 2.02. The normalized spacial score (nSPS) is 18.2. The van der Waals surface area contributed by atoms with Crippen molar-refractivity contribution in [3.8, 4) is 0 Å². The number of carbonyl (C=O) groups is 2. The summed E-state index contributed by atoms with van der Waals surface area (Å²) in [5, 5.41) is 21.0. The SMILES string of the molecule is CN(Cc1ccccc1)CC1CC(c2ccc(CO)cc2)OC(c2ccc(CNC(=O)CCCCCCC(=O)NO)cc2)O1. The third kappa shape index (κ3) is 10.8. The van der Waals surface area contributed by atoms with Crippen molar-refractivity contribution in [3.05, 3.63) is 107 Å². The molecule has 1 aliphatic rings. The summed E-state index contributed by atoms with van der Waals surface area (Å²) in [7, 11) is 2.11. The van der Waals surface area contributed by atoms with Gasteiger partial charge < -0.3 is 19.9 Å². The third-order valence-electron chi connectivity index (χ3n) is 7.85. The Morgan fingerprint density at radius 3 is 2.09 bits per heavy atom. The number of hydrogen-bond donors (Lipinski definition) is 4. The topological polar surface area (TPSA) is 120 Å². The number of carbonyl (C=O) groups excluding carboxylic acids is 2. The lowest BCUT2D eigenvalue weighted by molar-refractivity contribution is -0.252. The van der Waals surface area contributed by atoms with E-state index in [4.69, 9.17) is 14.7 Å². The van der Waals surface area contributed by atoms with E-state index in [0.29, 0.717) is 25.8 Å². The zero-order valence-electron chi connectivity index (χ0n) is 25.5. The molecule has 0 spiro atoms. The van der Waals surface area contributed by atoms with Gasteiger partial charge in [0.25, 0.3) is 0 Å². The van der Waals surface area contributed by atoms with Gasteiger partial charge in [-0.15, -0.1) is 0 Å². The molecule has 236 valence electrons. The van der Waals surface area contributed by atoms with Gasteiger partial charge in [0, 0.05) is 44.5 Å². The third-order valence-corrected chi connectivity index (χ3v) is 7.85. The number of ether oxygens (including phenoxy) is 2. The van der Waals surface area contributed by atoms with Crippen LogP contribution in [0.3, 0.4) is 0 Å². The van der Waals surface area contributed by atoms with Gasteiger partial charge in [0.05, 0.1) is 18.8 Å². The Balaban J connectivity index is 1.31. The molecule has 1 saturated heterocycles. The van der Waals surface area contributed by atoms with E-state index in [1.165, 1.54) is 5.56 Å². The predicted octanol–water partition coefficient (Wildman–Crippen LogP) is 5.32. The van der Waals surface area contributed by atoms with Crippen LogP contribution < -0.4 is 10.8 Å². The van der Waals surface area contributed by atoms with Gasteiger partial charge in [-0.2, -0.15) is 0 Å². The first-order valence-electron chi connectivity index (χ1n) is 15.4. The summed E-state index contributed by atoms with van der Waals surface area (Å²) in [6, 6.07) is 26.3. The highest BCUT2D eigenvalue weighted by atomic mass is 16.7. The number of nitrogens with zero attached hydrogens (tertiary/aromatic N) is 1. The first-order valence-corrected chi connectivity index (χ1v) is 15.4. The zero-order valence-corrected chi connectivity index (χ0v) is 25.5. The van der Waals surface area contributed by atoms with Crippen LogP contribution in [0.1, 0.15) is 85.2 Å². The quantitative estimate of drug-likeness (QED) is 0.0994. The van der Waals surface area contributed by atoms with Crippen molar-refractivity contribution in [2.75, 3.05) is 13.6 Å². The molecule has 1 aliphatic heterocycles. The van der Waals surface area contributed by atoms with Crippen molar-refractivity contribution < 1.29 is 29.4 Å². The second-order valence-corrected chi connectivity index (χ2v) is 11.5. The molecule has 1 heterocycles. The second-order valence-electron chi connectivity index (χ2n) is 11.5. The molecule has 0 aromatic heterocycles. The van der Waals surface area contributed by atoms with Crippen molar-refractivity contribution in [2.45, 2.75) is 83.1 Å². The molecule has 44 heavy (non-hydrogen) atoms. The van der Waals surface area contributed by atoms with E-state index in [0.717, 1.165) is 61.0 Å². The van der Waals surface area contributed by atoms with Crippen molar-refractivity contribution in [2.24, 2.45) is 0 Å². The Hall–Kier alpha value is -3.60. The molecule has 0 bridgehead atoms. The van der Waals surface area contributed by atoms with Crippen molar-refractivity contribution in [1.82, 2.24) is 15.7 Å². The lowest BCUT2D eigenvalue weighted by Gasteiger charge is -2.38. The maximum absolute atomic E-state index is 12.3. The monoisotopic (exact) mass is 603 g/mol. The number of hydroxylamine groups is 1. The van der Waals surface area contributed by atoms with Crippen molar-refractivity contribution in [3.63, 3.8) is 0 Å². The molecule has 9 heteroatoms. The molecule has 0 saturated carbocycles. The highest BCUT2D eigenvalue weighted by Gasteiger charge is 2.32. The summed E-state index contributed by atoms with van der Waals surface area (Å²) in [4.78, 5) is 25.6. The minimum atomic E-state index is -0.534. The minimum Gasteiger partial charge on any atom is -0.392 e. The second kappa shape index (κ2) is 17.6. The number of unbranched alkanes of at least 4 members (excludes halogenated alkanes) is 3. The molecule has 1 fully saturated rings. The summed E-state index contributed by atoms with van der Waals surface area (Å²) < 4.78 is 13.0. The maximum atomic E-state index is 12.3. The number of aliphatic hydroxyl groups is 1. The molecule has 3 aromatic carbocycles. The van der Waals surface area contributed by atoms with Gasteiger partial charge in [-0.1, -0.05) is 91.7 Å². The van der Waals surface area contributed by atoms with Gasteiger partial charge in [0.1, 0.15) is 0 Å². The molecule has 2 amide bonds. The van der Waals surface area contributed by atoms with E-state index in [2.05, 4.69) is 41.5 Å². The van der Waals surface area contributed by atoms with Crippen LogP contribution in [0.25, 0.3) is 0 Å². The Bertz CT molecular complexity index is 1290. The number of likely N-dealkylation sites (N-methyl/N-ethyl adjacent to an activating group) is 1. The number of nitrogens with one attached hydrogen (secondary N) is 2. The molecule has 0 radical (unpaired) electrons. The molecule has 3 aromatic rings. The van der Waals surface area contributed by atoms with Crippen LogP contribution in [-0.4, -0.2) is 46.7 Å². The van der Waals surface area contributed by atoms with E-state index in [1.807, 2.05) is 54.6 Å². The van der Waals surface area contributed by atoms with E-state index >= 15 is 0 Å². The number of benzene rings is 3. The molecule has 3 unspecified atom stereocenters. The fraction of sp³-hybridized carbons (Fsp3) is 0.429. The summed E-state index contributed by atoms with van der Waals surface area (Å²) >= 11 is 0. The maximum Gasteiger partial charge on any atom is 0.243 e. The van der Waals surface area contributed by atoms with Crippen molar-refractivity contribution >= 4 is 11.8 Å². The van der Waals surface area contributed by atoms with E-state index in [1.54, 1.807) is 5.48 Å². The van der Waals surface area contributed by atoms with Gasteiger partial charge in [-0.05, 0) is 42.1 Å². The van der Waals surface area contributed by atoms with Gasteiger partial charge in [-0.3, -0.25) is 19.7 Å². The fourth-order valence-corrected chi connectivity index (χ4v) is 5.40. The number of hydrogen-bond acceptors (Lipinski definition) is 7. The van der Waals surface area contributed by atoms with Crippen LogP contribution in [-0.2, 0) is 38.8 Å². The van der Waals surface area contributed by atoms with Crippen LogP contribution in [0.4, 0.5) is 0 Å². The van der Waals surface area contributed by atoms with Crippen LogP contribution in [0.15, 0.2) is 78.9 Å². The Kier molecular flexibility index (Phi) is 13.3. The Labute approximate surface area is 260 Å². The number of aliphatic hydroxyl groups excluding tert-OH is 1. The Morgan fingerprint density at radius 1 is 0.795 bits per heavy atom. The number of rotatable bonds is 16. The van der Waals surface area contributed by atoms with Crippen LogP contribution in [0.5, 0.6) is 0 Å². The Morgan fingerprint density at radius 2 is 1.43 bits per heavy atom. The van der Waals surface area contributed by atoms with Crippen LogP contribution in [0.2, 0.25) is 0 Å². The molecule has 3 atom stereocenters. The van der Waals surface area contributed by atoms with Crippen LogP contribution in [0, 0.1) is 0 Å². The highest BCUT2D eigenvalue weighted by molar-refractivity contribution is 5.75. The lowest BCUT2D eigenvalue weighted by Crippen LogP contribution is -2.37. The predicted molar refractivity (Wildman–Crippen MR) is 167 cm³/mol. The molecule has 4 rings (SSSR count). The average molecular weight is 604 g/mol. The largest absolute Gasteiger partial charge is 0.392 e. The minimum absolute atomic E-state index is 0.00125. The fourth-order valence-electron chi connectivity index (χ4n) is 5.40. The molecule has 4 N–H and O–H groups in total. The lowest BCUT2D eigenvalue weighted by atomic mass is 9.99. The highest BCUT2D eigenvalue weighted by Crippen LogP contribution is 2.38. The first kappa shape index (κ1) is 33.3. The first-order chi connectivity index (χ1) is 21.4. The van der Waals surface area contributed by atoms with Gasteiger partial charge >= 0.3 is 0 Å². The van der Waals surface area contributed by atoms with E-state index in [9.17, 15) is 14.7 Å². The summed E-state index contributed by atoms with van der Waals surface area (Å²) in [5.41, 5.74) is 6.71. The van der Waals surface area contributed by atoms with Gasteiger partial charge in [-0.25, -0.2) is 5.48 Å². The molecular weight excluding hydrogens is 558 g/mol. The molecular formula is C35H45N3O6. The average Bonchev–Trinajstić information content (AvgIpc) is 3.05. The number of amides is 2. The molecule has 9 nitrogen and oxygen atoms in total. The molecule has 0 aliphatic carbocycles. The van der Waals surface area contributed by atoms with E-state index in [-0.39, 0.29) is 30.6 Å². The van der Waals surface area contributed by atoms with Gasteiger partial charge in [0.2, 0.25) is 11.8 Å². The van der Waals surface area contributed by atoms with E-state index < -0.39 is 6.29 Å². The standard InChI is InChI=1S/C35H45N3O6/c1-38(23-27-9-5-4-6-10-27)24-31-21-32(29-17-15-28(25-39)16-18-29)44-35(43-31)30-19-13-26(14-20-30)22-36-33(40)11-7-2-3-8-12-34(41)37-42/h4-6,9-10,13-20,31-32,35,39,42H,2-3,7-8,11-12,21-25H2,1H3,(H,36,40)(H,37,41). The smallest absolute Gasteiger partial charge is 0.243 e. The zero-order chi connectivity index (χ0) is 31.1. The van der Waals surface area contributed by atoms with Crippen molar-refractivity contribution in [1.29, 1.82) is 0 Å². The van der Waals surface area contributed by atoms with Crippen LogP contribution >= 0.6 is 0 Å².